The second kappa shape index (κ2) is 35.2. The summed E-state index contributed by atoms with van der Waals surface area (Å²) in [6.07, 6.45) is 31.6. The summed E-state index contributed by atoms with van der Waals surface area (Å²) >= 11 is 0. The second-order valence-corrected chi connectivity index (χ2v) is 29.3. The van der Waals surface area contributed by atoms with Gasteiger partial charge in [-0.3, -0.25) is 18.7 Å². The van der Waals surface area contributed by atoms with E-state index in [1.807, 2.05) is 24.3 Å². The van der Waals surface area contributed by atoms with Crippen molar-refractivity contribution in [1.29, 1.82) is 5.26 Å². The van der Waals surface area contributed by atoms with Gasteiger partial charge in [-0.1, -0.05) is 207 Å². The van der Waals surface area contributed by atoms with Gasteiger partial charge >= 0.3 is 0 Å². The van der Waals surface area contributed by atoms with Crippen molar-refractivity contribution in [2.24, 2.45) is 0 Å². The van der Waals surface area contributed by atoms with E-state index in [1.54, 1.807) is 26.0 Å². The SMILES string of the molecule is [C-]#[N+]c1c(C)c(C=C=C2N(CCCC)c3ccccc3C2(C)C)c(=O)n(Cc2ccc(C(=CC=CC(=C3C=CC(=[N+](CCCC)CCCC)C=C3)c3ccc(Cn4c(O)c(C=C=C5N(CCCC)c6ccccc6C5(C)C)c(C)c(C#N)c4=O)cc3)c3ccc(N(CCCC)CCCC)cc3)cc2)c1O. The van der Waals surface area contributed by atoms with E-state index in [0.717, 1.165) is 184 Å². The zero-order valence-electron chi connectivity index (χ0n) is 64.2. The lowest BCUT2D eigenvalue weighted by molar-refractivity contribution is -0.527. The molecule has 0 saturated carbocycles. The van der Waals surface area contributed by atoms with Crippen molar-refractivity contribution in [3.8, 4) is 17.8 Å². The Morgan fingerprint density at radius 1 is 0.571 bits per heavy atom. The van der Waals surface area contributed by atoms with E-state index in [0.29, 0.717) is 22.3 Å². The van der Waals surface area contributed by atoms with Gasteiger partial charge in [-0.15, -0.1) is 0 Å². The van der Waals surface area contributed by atoms with Crippen LogP contribution in [-0.2, 0) is 23.9 Å². The fraction of sp³-hybridized carbons (Fsp3) is 0.366. The number of unbranched alkanes of at least 4 members (excludes halogenated alkanes) is 6. The maximum absolute atomic E-state index is 14.8. The maximum atomic E-state index is 14.8. The number of pyridine rings is 2. The third-order valence-corrected chi connectivity index (χ3v) is 21.2. The molecule has 0 spiro atoms. The number of allylic oxidation sites excluding steroid dienone is 11. The van der Waals surface area contributed by atoms with Crippen LogP contribution in [0.25, 0.3) is 28.1 Å². The summed E-state index contributed by atoms with van der Waals surface area (Å²) in [6.45, 7) is 39.3. The summed E-state index contributed by atoms with van der Waals surface area (Å²) in [5, 5.41) is 34.5. The maximum Gasteiger partial charge on any atom is 0.271 e. The molecular formula is C93H107N8O4+. The van der Waals surface area contributed by atoms with Crippen LogP contribution in [-0.4, -0.2) is 68.9 Å². The Morgan fingerprint density at radius 3 is 1.52 bits per heavy atom. The molecule has 0 bridgehead atoms. The van der Waals surface area contributed by atoms with Gasteiger partial charge in [0.25, 0.3) is 11.1 Å². The van der Waals surface area contributed by atoms with E-state index >= 15 is 0 Å². The van der Waals surface area contributed by atoms with Gasteiger partial charge in [0.05, 0.1) is 31.1 Å². The first kappa shape index (κ1) is 77.0. The molecule has 105 heavy (non-hydrogen) atoms. The molecule has 0 saturated heterocycles. The Labute approximate surface area is 624 Å². The molecule has 4 heterocycles. The highest BCUT2D eigenvalue weighted by Gasteiger charge is 2.41. The quantitative estimate of drug-likeness (QED) is 0.0197. The molecule has 0 amide bonds. The number of para-hydroxylation sites is 2. The van der Waals surface area contributed by atoms with Crippen molar-refractivity contribution in [2.75, 3.05) is 54.0 Å². The largest absolute Gasteiger partial charge is 0.503 e. The summed E-state index contributed by atoms with van der Waals surface area (Å²) in [7, 11) is 0. The highest BCUT2D eigenvalue weighted by Crippen LogP contribution is 2.49. The summed E-state index contributed by atoms with van der Waals surface area (Å²) < 4.78 is 5.11. The van der Waals surface area contributed by atoms with Crippen LogP contribution < -0.4 is 25.8 Å². The van der Waals surface area contributed by atoms with Crippen molar-refractivity contribution in [2.45, 2.75) is 184 Å². The smallest absolute Gasteiger partial charge is 0.271 e. The Kier molecular flexibility index (Phi) is 25.9. The standard InChI is InChI=1S/C93H106N8O4/c1-14-20-57-96(58-21-15-2)74-49-45-72(46-50-74)78(70-41-37-68(38-42-70)64-100-88(102)76(66(7)80(63-94)90(100)104)53-55-85-92(9,10)81-33-26-28-35-83(81)98(85)61-24-18-5)31-30-32-79(73-47-51-75(52-48-73)97(59-22-16-3)60-23-17-4)71-43-39-69(40-44-71)65-101-89(103)77(67(8)87(95-13)91(101)105)54-56-86-93(11,12)82-34-27-29-36-84(82)99(86)62-25-19-6/h26-54H,14-25,57-62,64-65H2,1-12H3,(H-,102,103,104,105)/p+1. The lowest BCUT2D eigenvalue weighted by atomic mass is 9.84. The van der Waals surface area contributed by atoms with Crippen molar-refractivity contribution >= 4 is 51.8 Å². The zero-order valence-corrected chi connectivity index (χ0v) is 64.2. The topological polar surface area (TPSA) is 125 Å². The number of hydrogen-bond donors (Lipinski definition) is 2. The molecule has 2 N–H and O–H groups in total. The van der Waals surface area contributed by atoms with Crippen molar-refractivity contribution < 1.29 is 14.8 Å². The summed E-state index contributed by atoms with van der Waals surface area (Å²) in [4.78, 5) is 40.0. The third-order valence-electron chi connectivity index (χ3n) is 21.2. The van der Waals surface area contributed by atoms with Gasteiger partial charge in [-0.25, -0.2) is 9.42 Å². The number of hydrogen-bond acceptors (Lipinski definition) is 8. The van der Waals surface area contributed by atoms with Gasteiger partial charge in [-0.05, 0) is 183 Å². The second-order valence-electron chi connectivity index (χ2n) is 29.3. The van der Waals surface area contributed by atoms with Crippen LogP contribution in [0.3, 0.4) is 0 Å². The minimum atomic E-state index is -0.560. The van der Waals surface area contributed by atoms with Crippen molar-refractivity contribution in [3.05, 3.63) is 291 Å². The molecule has 3 aliphatic rings. The Bertz CT molecular complexity index is 4840. The predicted molar refractivity (Wildman–Crippen MR) is 437 cm³/mol. The molecule has 12 nitrogen and oxygen atoms in total. The van der Waals surface area contributed by atoms with Crippen LogP contribution in [0.5, 0.6) is 11.8 Å². The van der Waals surface area contributed by atoms with E-state index in [2.05, 4.69) is 250 Å². The first-order valence-corrected chi connectivity index (χ1v) is 38.3. The number of aromatic nitrogens is 2. The monoisotopic (exact) mass is 1400 g/mol. The summed E-state index contributed by atoms with van der Waals surface area (Å²) in [5.41, 5.74) is 23.3. The number of benzene rings is 5. The fourth-order valence-electron chi connectivity index (χ4n) is 14.8. The first-order valence-electron chi connectivity index (χ1n) is 38.3. The highest BCUT2D eigenvalue weighted by atomic mass is 16.3. The van der Waals surface area contributed by atoms with Gasteiger partial charge in [0.2, 0.25) is 11.6 Å². The third kappa shape index (κ3) is 16.8. The molecule has 10 rings (SSSR count). The average Bonchev–Trinajstić information content (AvgIpc) is 1.61. The van der Waals surface area contributed by atoms with E-state index in [1.165, 1.54) is 31.7 Å². The number of aromatic hydroxyl groups is 2. The lowest BCUT2D eigenvalue weighted by Gasteiger charge is -2.25. The zero-order chi connectivity index (χ0) is 75.0. The number of nitrogens with zero attached hydrogens (tertiary/aromatic N) is 8. The van der Waals surface area contributed by atoms with E-state index in [9.17, 15) is 25.1 Å². The molecular weight excluding hydrogens is 1290 g/mol. The van der Waals surface area contributed by atoms with Crippen LogP contribution in [0.15, 0.2) is 202 Å². The summed E-state index contributed by atoms with van der Waals surface area (Å²) in [6, 6.07) is 44.1. The van der Waals surface area contributed by atoms with Crippen LogP contribution in [0, 0.1) is 31.8 Å². The van der Waals surface area contributed by atoms with Gasteiger partial charge in [0.15, 0.2) is 11.6 Å². The Morgan fingerprint density at radius 2 is 1.04 bits per heavy atom. The van der Waals surface area contributed by atoms with Gasteiger partial charge in [0.1, 0.15) is 24.7 Å². The molecule has 5 aromatic carbocycles. The van der Waals surface area contributed by atoms with Crippen molar-refractivity contribution in [3.63, 3.8) is 0 Å². The average molecular weight is 1400 g/mol. The predicted octanol–water partition coefficient (Wildman–Crippen LogP) is 20.8. The lowest BCUT2D eigenvalue weighted by Crippen LogP contribution is -2.26. The first-order chi connectivity index (χ1) is 50.8. The molecule has 0 unspecified atom stereocenters. The minimum Gasteiger partial charge on any atom is -0.503 e. The van der Waals surface area contributed by atoms with Crippen molar-refractivity contribution in [1.82, 2.24) is 9.13 Å². The number of rotatable bonds is 30. The fourth-order valence-corrected chi connectivity index (χ4v) is 14.8. The molecule has 2 aliphatic heterocycles. The molecule has 0 atom stereocenters. The number of anilines is 3. The van der Waals surface area contributed by atoms with Crippen LogP contribution >= 0.6 is 0 Å². The van der Waals surface area contributed by atoms with E-state index in [-0.39, 0.29) is 46.9 Å². The Balaban J connectivity index is 1.04. The number of fused-ring (bicyclic) bond motifs is 2. The van der Waals surface area contributed by atoms with Gasteiger partial charge in [0, 0.05) is 90.2 Å². The van der Waals surface area contributed by atoms with Gasteiger partial charge in [-0.2, -0.15) is 5.26 Å². The minimum absolute atomic E-state index is 0.0231. The highest BCUT2D eigenvalue weighted by molar-refractivity contribution is 6.03. The number of nitriles is 1. The van der Waals surface area contributed by atoms with Crippen LogP contribution in [0.2, 0.25) is 0 Å². The Hall–Kier alpha value is -10.6. The molecule has 0 radical (unpaired) electrons. The molecule has 12 heteroatoms. The molecule has 7 aromatic rings. The molecule has 2 aromatic heterocycles. The van der Waals surface area contributed by atoms with Gasteiger partial charge < -0.3 is 24.9 Å². The normalized spacial score (nSPS) is 14.1. The molecule has 542 valence electrons. The molecule has 1 aliphatic carbocycles. The van der Waals surface area contributed by atoms with E-state index in [4.69, 9.17) is 6.57 Å². The van der Waals surface area contributed by atoms with Crippen LogP contribution in [0.1, 0.15) is 213 Å². The van der Waals surface area contributed by atoms with E-state index < -0.39 is 11.1 Å². The van der Waals surface area contributed by atoms with Crippen LogP contribution in [0.4, 0.5) is 22.7 Å². The summed E-state index contributed by atoms with van der Waals surface area (Å²) in [5.74, 6) is -0.590. The molecule has 0 fully saturated rings.